The minimum absolute atomic E-state index is 0.0134. The zero-order valence-corrected chi connectivity index (χ0v) is 7.85. The summed E-state index contributed by atoms with van der Waals surface area (Å²) >= 11 is 0. The van der Waals surface area contributed by atoms with Crippen LogP contribution in [0.25, 0.3) is 0 Å². The molecule has 0 atom stereocenters. The van der Waals surface area contributed by atoms with Crippen molar-refractivity contribution in [3.05, 3.63) is 48.5 Å². The highest BCUT2D eigenvalue weighted by molar-refractivity contribution is 5.19. The summed E-state index contributed by atoms with van der Waals surface area (Å²) < 4.78 is 28.4. The Labute approximate surface area is 85.4 Å². The summed E-state index contributed by atoms with van der Waals surface area (Å²) in [6.45, 7) is -0.489. The molecule has 1 aromatic heterocycles. The third-order valence-corrected chi connectivity index (χ3v) is 2.02. The first-order valence-electron chi connectivity index (χ1n) is 4.44. The highest BCUT2D eigenvalue weighted by Gasteiger charge is 2.32. The maximum Gasteiger partial charge on any atom is 0.292 e. The molecule has 0 unspecified atom stereocenters. The van der Waals surface area contributed by atoms with Gasteiger partial charge in [-0.2, -0.15) is 13.9 Å². The van der Waals surface area contributed by atoms with Gasteiger partial charge in [0.1, 0.15) is 19.2 Å². The maximum absolute atomic E-state index is 13.6. The van der Waals surface area contributed by atoms with Crippen molar-refractivity contribution in [2.45, 2.75) is 12.5 Å². The molecule has 0 spiro atoms. The molecule has 15 heavy (non-hydrogen) atoms. The van der Waals surface area contributed by atoms with Crippen LogP contribution in [0.1, 0.15) is 5.56 Å². The van der Waals surface area contributed by atoms with Crippen LogP contribution in [0.15, 0.2) is 43.0 Å². The molecule has 0 N–H and O–H groups in total. The van der Waals surface area contributed by atoms with E-state index in [0.717, 1.165) is 4.68 Å². The van der Waals surface area contributed by atoms with Crippen molar-refractivity contribution in [3.63, 3.8) is 0 Å². The first kappa shape index (κ1) is 9.76. The molecule has 2 rings (SSSR count). The highest BCUT2D eigenvalue weighted by Crippen LogP contribution is 2.28. The van der Waals surface area contributed by atoms with E-state index in [1.54, 1.807) is 18.2 Å². The number of hydrogen-bond acceptors (Lipinski definition) is 2. The Morgan fingerprint density at radius 3 is 2.53 bits per heavy atom. The fourth-order valence-corrected chi connectivity index (χ4v) is 1.29. The van der Waals surface area contributed by atoms with Gasteiger partial charge in [0.25, 0.3) is 5.92 Å². The van der Waals surface area contributed by atoms with Gasteiger partial charge in [0, 0.05) is 5.56 Å². The van der Waals surface area contributed by atoms with Gasteiger partial charge in [-0.15, -0.1) is 0 Å². The van der Waals surface area contributed by atoms with Gasteiger partial charge >= 0.3 is 0 Å². The SMILES string of the molecule is FC(F)(Cn1cncn1)c1ccccc1. The Morgan fingerprint density at radius 1 is 1.20 bits per heavy atom. The molecule has 5 heteroatoms. The average molecular weight is 209 g/mol. The van der Waals surface area contributed by atoms with Crippen molar-refractivity contribution in [2.24, 2.45) is 0 Å². The van der Waals surface area contributed by atoms with E-state index in [4.69, 9.17) is 0 Å². The fourth-order valence-electron chi connectivity index (χ4n) is 1.29. The molecule has 1 aromatic carbocycles. The van der Waals surface area contributed by atoms with Crippen LogP contribution in [-0.2, 0) is 12.5 Å². The maximum atomic E-state index is 13.6. The minimum Gasteiger partial charge on any atom is -0.247 e. The molecular formula is C10H9F2N3. The zero-order chi connectivity index (χ0) is 10.7. The molecule has 0 aliphatic heterocycles. The van der Waals surface area contributed by atoms with Crippen LogP contribution in [0, 0.1) is 0 Å². The van der Waals surface area contributed by atoms with Gasteiger partial charge in [-0.05, 0) is 0 Å². The summed E-state index contributed by atoms with van der Waals surface area (Å²) in [4.78, 5) is 3.62. The largest absolute Gasteiger partial charge is 0.292 e. The zero-order valence-electron chi connectivity index (χ0n) is 7.85. The number of benzene rings is 1. The second kappa shape index (κ2) is 3.76. The summed E-state index contributed by atoms with van der Waals surface area (Å²) in [6.07, 6.45) is 2.51. The molecule has 0 aliphatic carbocycles. The van der Waals surface area contributed by atoms with Crippen LogP contribution in [0.2, 0.25) is 0 Å². The van der Waals surface area contributed by atoms with E-state index in [1.165, 1.54) is 24.8 Å². The fraction of sp³-hybridized carbons (Fsp3) is 0.200. The average Bonchev–Trinajstić information content (AvgIpc) is 2.71. The molecule has 3 nitrogen and oxygen atoms in total. The van der Waals surface area contributed by atoms with E-state index >= 15 is 0 Å². The van der Waals surface area contributed by atoms with Gasteiger partial charge in [-0.1, -0.05) is 30.3 Å². The van der Waals surface area contributed by atoms with Gasteiger partial charge in [0.15, 0.2) is 0 Å². The predicted molar refractivity (Wildman–Crippen MR) is 50.4 cm³/mol. The molecule has 2 aromatic rings. The Balaban J connectivity index is 2.20. The Kier molecular flexibility index (Phi) is 2.45. The monoisotopic (exact) mass is 209 g/mol. The minimum atomic E-state index is -2.92. The van der Waals surface area contributed by atoms with E-state index in [-0.39, 0.29) is 5.56 Å². The smallest absolute Gasteiger partial charge is 0.247 e. The first-order chi connectivity index (χ1) is 7.18. The lowest BCUT2D eigenvalue weighted by Crippen LogP contribution is -2.21. The summed E-state index contributed by atoms with van der Waals surface area (Å²) in [7, 11) is 0. The molecule has 0 saturated heterocycles. The van der Waals surface area contributed by atoms with Crippen molar-refractivity contribution in [3.8, 4) is 0 Å². The van der Waals surface area contributed by atoms with Crippen LogP contribution in [0.4, 0.5) is 8.78 Å². The molecule has 0 amide bonds. The molecule has 1 heterocycles. The lowest BCUT2D eigenvalue weighted by Gasteiger charge is -2.15. The molecule has 0 radical (unpaired) electrons. The number of alkyl halides is 2. The van der Waals surface area contributed by atoms with Crippen LogP contribution >= 0.6 is 0 Å². The van der Waals surface area contributed by atoms with Crippen LogP contribution in [-0.4, -0.2) is 14.8 Å². The standard InChI is InChI=1S/C10H9F2N3/c11-10(12,6-15-8-13-7-14-15)9-4-2-1-3-5-9/h1-5,7-8H,6H2. The van der Waals surface area contributed by atoms with Crippen molar-refractivity contribution >= 4 is 0 Å². The third kappa shape index (κ3) is 2.18. The van der Waals surface area contributed by atoms with Gasteiger partial charge in [0.2, 0.25) is 0 Å². The Morgan fingerprint density at radius 2 is 1.93 bits per heavy atom. The predicted octanol–water partition coefficient (Wildman–Crippen LogP) is 2.07. The summed E-state index contributed by atoms with van der Waals surface area (Å²) in [5.74, 6) is -2.92. The van der Waals surface area contributed by atoms with Crippen LogP contribution in [0.3, 0.4) is 0 Å². The topological polar surface area (TPSA) is 30.7 Å². The number of nitrogens with zero attached hydrogens (tertiary/aromatic N) is 3. The summed E-state index contributed by atoms with van der Waals surface area (Å²) in [5, 5.41) is 3.65. The lowest BCUT2D eigenvalue weighted by molar-refractivity contribution is -0.0255. The molecule has 0 aliphatic rings. The quantitative estimate of drug-likeness (QED) is 0.774. The summed E-state index contributed by atoms with van der Waals surface area (Å²) in [5.41, 5.74) is -0.0134. The Hall–Kier alpha value is -1.78. The number of aromatic nitrogens is 3. The van der Waals surface area contributed by atoms with Crippen LogP contribution < -0.4 is 0 Å². The van der Waals surface area contributed by atoms with E-state index in [9.17, 15) is 8.78 Å². The van der Waals surface area contributed by atoms with Gasteiger partial charge < -0.3 is 0 Å². The van der Waals surface area contributed by atoms with Crippen molar-refractivity contribution in [1.82, 2.24) is 14.8 Å². The van der Waals surface area contributed by atoms with Crippen LogP contribution in [0.5, 0.6) is 0 Å². The van der Waals surface area contributed by atoms with Crippen molar-refractivity contribution in [2.75, 3.05) is 0 Å². The molecular weight excluding hydrogens is 200 g/mol. The second-order valence-electron chi connectivity index (χ2n) is 3.16. The Bertz CT molecular complexity index is 411. The van der Waals surface area contributed by atoms with Gasteiger partial charge in [0.05, 0.1) is 0 Å². The van der Waals surface area contributed by atoms with Crippen molar-refractivity contribution < 1.29 is 8.78 Å². The normalized spacial score (nSPS) is 11.6. The van der Waals surface area contributed by atoms with Gasteiger partial charge in [-0.3, -0.25) is 0 Å². The summed E-state index contributed by atoms with van der Waals surface area (Å²) in [6, 6.07) is 7.68. The molecule has 0 fully saturated rings. The van der Waals surface area contributed by atoms with E-state index in [1.807, 2.05) is 0 Å². The van der Waals surface area contributed by atoms with E-state index < -0.39 is 12.5 Å². The van der Waals surface area contributed by atoms with Gasteiger partial charge in [-0.25, -0.2) is 9.67 Å². The molecule has 78 valence electrons. The molecule has 0 saturated carbocycles. The number of hydrogen-bond donors (Lipinski definition) is 0. The lowest BCUT2D eigenvalue weighted by atomic mass is 10.1. The third-order valence-electron chi connectivity index (χ3n) is 2.02. The second-order valence-corrected chi connectivity index (χ2v) is 3.16. The van der Waals surface area contributed by atoms with E-state index in [0.29, 0.717) is 0 Å². The first-order valence-corrected chi connectivity index (χ1v) is 4.44. The van der Waals surface area contributed by atoms with E-state index in [2.05, 4.69) is 10.1 Å². The number of rotatable bonds is 3. The highest BCUT2D eigenvalue weighted by atomic mass is 19.3. The number of halogens is 2. The van der Waals surface area contributed by atoms with Crippen molar-refractivity contribution in [1.29, 1.82) is 0 Å². The molecule has 0 bridgehead atoms.